The van der Waals surface area contributed by atoms with Gasteiger partial charge in [0.15, 0.2) is 0 Å². The molecule has 0 spiro atoms. The van der Waals surface area contributed by atoms with Gasteiger partial charge in [-0.3, -0.25) is 38.1 Å². The number of phosphoric acid groups is 1. The molecule has 0 saturated carbocycles. The average molecular weight is 1110 g/mol. The number of hydrogen-bond acceptors (Lipinski definition) is 14. The zero-order valence-electron chi connectivity index (χ0n) is 45.0. The molecular weight excluding hydrogens is 1020 g/mol. The van der Waals surface area contributed by atoms with Crippen LogP contribution in [-0.2, 0) is 71.5 Å². The maximum absolute atomic E-state index is 14.4. The second kappa shape index (κ2) is 32.3. The summed E-state index contributed by atoms with van der Waals surface area (Å²) in [7, 11) is -5.09. The van der Waals surface area contributed by atoms with Crippen LogP contribution in [0, 0.1) is 5.92 Å². The Balaban J connectivity index is 1.72. The molecule has 76 heavy (non-hydrogen) atoms. The Hall–Kier alpha value is -5.52. The number of likely N-dealkylation sites (tertiary alicyclic amines) is 1. The van der Waals surface area contributed by atoms with Crippen molar-refractivity contribution in [2.75, 3.05) is 25.4 Å². The molecule has 426 valence electrons. The molecular formula is C51H83N10O13PS. The smallest absolute Gasteiger partial charge is 0.469 e. The number of allylic oxidation sites excluding steroid dienone is 1. The lowest BCUT2D eigenvalue weighted by molar-refractivity contribution is -0.140. The van der Waals surface area contributed by atoms with Gasteiger partial charge in [-0.15, -0.1) is 0 Å². The number of thiol groups is 1. The number of nitrogens with zero attached hydrogens (tertiary/aromatic N) is 3. The van der Waals surface area contributed by atoms with Crippen molar-refractivity contribution >= 4 is 61.8 Å². The highest BCUT2D eigenvalue weighted by molar-refractivity contribution is 7.80. The Morgan fingerprint density at radius 1 is 0.908 bits per heavy atom. The lowest BCUT2D eigenvalue weighted by Crippen LogP contribution is -2.60. The van der Waals surface area contributed by atoms with E-state index in [2.05, 4.69) is 60.9 Å². The molecule has 1 fully saturated rings. The van der Waals surface area contributed by atoms with E-state index in [0.717, 1.165) is 51.9 Å². The van der Waals surface area contributed by atoms with Gasteiger partial charge >= 0.3 is 7.82 Å². The summed E-state index contributed by atoms with van der Waals surface area (Å²) in [5.41, 5.74) is 12.3. The van der Waals surface area contributed by atoms with Crippen molar-refractivity contribution in [3.63, 3.8) is 0 Å². The Morgan fingerprint density at radius 3 is 2.21 bits per heavy atom. The van der Waals surface area contributed by atoms with E-state index in [9.17, 15) is 47.9 Å². The van der Waals surface area contributed by atoms with Crippen LogP contribution in [0.5, 0.6) is 0 Å². The lowest BCUT2D eigenvalue weighted by Gasteiger charge is -2.29. The number of nitrogens with one attached hydrogen (secondary N) is 5. The molecule has 7 atom stereocenters. The lowest BCUT2D eigenvalue weighted by atomic mass is 10.0. The molecule has 3 rings (SSSR count). The van der Waals surface area contributed by atoms with E-state index in [4.69, 9.17) is 20.9 Å². The van der Waals surface area contributed by atoms with Gasteiger partial charge in [-0.05, 0) is 84.6 Å². The molecule has 1 aliphatic heterocycles. The number of rotatable bonds is 35. The van der Waals surface area contributed by atoms with Crippen molar-refractivity contribution in [3.8, 4) is 0 Å². The van der Waals surface area contributed by atoms with E-state index in [1.54, 1.807) is 33.3 Å². The van der Waals surface area contributed by atoms with Crippen molar-refractivity contribution < 1.29 is 61.9 Å². The first-order valence-corrected chi connectivity index (χ1v) is 28.2. The molecule has 11 N–H and O–H groups in total. The van der Waals surface area contributed by atoms with Crippen LogP contribution < -0.4 is 38.1 Å². The quantitative estimate of drug-likeness (QED) is 0.0205. The zero-order chi connectivity index (χ0) is 56.6. The van der Waals surface area contributed by atoms with Crippen LogP contribution in [0.1, 0.15) is 124 Å². The van der Waals surface area contributed by atoms with Crippen molar-refractivity contribution in [1.82, 2.24) is 41.0 Å². The molecule has 2 aromatic rings. The molecule has 1 aromatic carbocycles. The summed E-state index contributed by atoms with van der Waals surface area (Å²) in [6.45, 7) is 12.4. The van der Waals surface area contributed by atoms with Crippen LogP contribution in [0.25, 0.3) is 0 Å². The maximum Gasteiger partial charge on any atom is 0.469 e. The standard InChI is InChI=1S/C51H83N10O13PS/c1-33(2)26-40(58-50(68)42-21-17-24-61(42)43(62)22-25-72-34(3)29-73-51(6,7)31-55-47(65)39(52)30-76)49(67)57-41(48(66)56-35(4)46(64)59-44(45(53)63)36(5)74-75(69,70)71)27-38-28-54-32-60(38)23-16-11-9-8-10-13-18-37-19-14-12-15-20-37/h12,14-15,19-20,28-29,32-33,35-36,39-42,44,76H,8-11,13,16-18,21-27,30-31,52H2,1-7H3,(H2,53,63)(H,55,65)(H,56,66)(H,57,67)(H,58,68)(H,59,64)(H2,69,70,71)/b34-29+/t35-,36+,39-,40-,41-,42-,44-/m0/s1. The van der Waals surface area contributed by atoms with Crippen LogP contribution in [0.2, 0.25) is 0 Å². The summed E-state index contributed by atoms with van der Waals surface area (Å²) in [4.78, 5) is 118. The largest absolute Gasteiger partial charge is 0.494 e. The molecule has 0 unspecified atom stereocenters. The summed E-state index contributed by atoms with van der Waals surface area (Å²) in [6.07, 6.45) is 11.1. The van der Waals surface area contributed by atoms with Crippen molar-refractivity contribution in [2.24, 2.45) is 17.4 Å². The third-order valence-electron chi connectivity index (χ3n) is 12.6. The fourth-order valence-electron chi connectivity index (χ4n) is 8.31. The number of primary amides is 1. The number of carbonyl (C=O) groups excluding carboxylic acids is 7. The second-order valence-corrected chi connectivity index (χ2v) is 21.8. The van der Waals surface area contributed by atoms with E-state index < -0.39 is 85.3 Å². The van der Waals surface area contributed by atoms with Gasteiger partial charge in [0.25, 0.3) is 0 Å². The molecule has 23 nitrogen and oxygen atoms in total. The minimum Gasteiger partial charge on any atom is -0.494 e. The molecule has 0 radical (unpaired) electrons. The number of aryl methyl sites for hydroxylation is 2. The number of amides is 7. The highest BCUT2D eigenvalue weighted by Crippen LogP contribution is 2.38. The minimum atomic E-state index is -5.09. The van der Waals surface area contributed by atoms with E-state index in [0.29, 0.717) is 37.4 Å². The molecule has 1 aliphatic rings. The number of nitrogens with two attached hydrogens (primary N) is 2. The fourth-order valence-corrected chi connectivity index (χ4v) is 9.03. The first kappa shape index (κ1) is 64.8. The molecule has 2 heterocycles. The number of hydrogen-bond donors (Lipinski definition) is 10. The van der Waals surface area contributed by atoms with Gasteiger partial charge in [-0.25, -0.2) is 9.55 Å². The van der Waals surface area contributed by atoms with Gasteiger partial charge < -0.3 is 66.8 Å². The highest BCUT2D eigenvalue weighted by Gasteiger charge is 2.38. The summed E-state index contributed by atoms with van der Waals surface area (Å²) in [6, 6.07) is 3.17. The van der Waals surface area contributed by atoms with E-state index in [1.165, 1.54) is 23.6 Å². The number of carbonyl (C=O) groups is 7. The van der Waals surface area contributed by atoms with E-state index in [1.807, 2.05) is 36.6 Å². The number of imidazole rings is 1. The first-order chi connectivity index (χ1) is 35.8. The number of phosphoric ester groups is 1. The minimum absolute atomic E-state index is 0.0181. The van der Waals surface area contributed by atoms with Gasteiger partial charge in [-0.2, -0.15) is 12.6 Å². The monoisotopic (exact) mass is 1110 g/mol. The predicted octanol–water partition coefficient (Wildman–Crippen LogP) is 2.42. The summed E-state index contributed by atoms with van der Waals surface area (Å²) in [5.74, 6) is -4.42. The van der Waals surface area contributed by atoms with Crippen LogP contribution in [0.3, 0.4) is 0 Å². The maximum atomic E-state index is 14.4. The Morgan fingerprint density at radius 2 is 1.57 bits per heavy atom. The highest BCUT2D eigenvalue weighted by atomic mass is 32.1. The number of benzene rings is 1. The van der Waals surface area contributed by atoms with Crippen LogP contribution in [0.4, 0.5) is 0 Å². The number of ether oxygens (including phenoxy) is 2. The van der Waals surface area contributed by atoms with Gasteiger partial charge in [0.1, 0.15) is 47.8 Å². The van der Waals surface area contributed by atoms with Crippen molar-refractivity contribution in [3.05, 3.63) is 66.1 Å². The van der Waals surface area contributed by atoms with Gasteiger partial charge in [-0.1, -0.05) is 69.9 Å². The fraction of sp³-hybridized carbons (Fsp3) is 0.647. The molecule has 1 saturated heterocycles. The van der Waals surface area contributed by atoms with Crippen LogP contribution >= 0.6 is 20.5 Å². The van der Waals surface area contributed by atoms with Crippen molar-refractivity contribution in [1.29, 1.82) is 0 Å². The van der Waals surface area contributed by atoms with Crippen LogP contribution in [0.15, 0.2) is 54.9 Å². The zero-order valence-corrected chi connectivity index (χ0v) is 46.8. The molecule has 1 aromatic heterocycles. The average Bonchev–Trinajstić information content (AvgIpc) is 4.04. The molecule has 25 heteroatoms. The number of unbranched alkanes of at least 4 members (excludes halogenated alkanes) is 5. The van der Waals surface area contributed by atoms with Crippen LogP contribution in [-0.4, -0.2) is 139 Å². The first-order valence-electron chi connectivity index (χ1n) is 26.0. The summed E-state index contributed by atoms with van der Waals surface area (Å²) < 4.78 is 29.5. The third kappa shape index (κ3) is 23.8. The summed E-state index contributed by atoms with van der Waals surface area (Å²) >= 11 is 4.04. The molecule has 0 aliphatic carbocycles. The predicted molar refractivity (Wildman–Crippen MR) is 287 cm³/mol. The number of aromatic nitrogens is 2. The summed E-state index contributed by atoms with van der Waals surface area (Å²) in [5, 5.41) is 13.2. The Labute approximate surface area is 452 Å². The third-order valence-corrected chi connectivity index (χ3v) is 13.6. The molecule has 0 bridgehead atoms. The topological polar surface area (TPSA) is 338 Å². The van der Waals surface area contributed by atoms with E-state index in [-0.39, 0.29) is 55.9 Å². The Kier molecular flexibility index (Phi) is 27.5. The second-order valence-electron chi connectivity index (χ2n) is 20.3. The van der Waals surface area contributed by atoms with E-state index >= 15 is 0 Å². The SMILES string of the molecule is C/C(=C\OC(C)(C)CNC(=O)[C@@H](N)CS)OCCC(=O)N1CCC[C@H]1C(=O)N[C@@H](CC(C)C)C(=O)N[C@@H](Cc1cncn1CCCCCCCCc1ccccc1)C(=O)N[C@@H](C)C(=O)N[C@H](C(N)=O)[C@@H](C)OP(=O)(O)O. The Bertz CT molecular complexity index is 2280. The van der Waals surface area contributed by atoms with Gasteiger partial charge in [0.2, 0.25) is 41.4 Å². The molecule has 7 amide bonds. The van der Waals surface area contributed by atoms with Gasteiger partial charge in [0.05, 0.1) is 38.0 Å². The normalized spacial score (nSPS) is 16.4. The van der Waals surface area contributed by atoms with Crippen molar-refractivity contribution in [2.45, 2.75) is 180 Å². The van der Waals surface area contributed by atoms with Gasteiger partial charge in [0, 0.05) is 37.2 Å².